The van der Waals surface area contributed by atoms with Crippen molar-refractivity contribution >= 4 is 23.6 Å². The molecular weight excluding hydrogens is 302 g/mol. The summed E-state index contributed by atoms with van der Waals surface area (Å²) in [7, 11) is 0. The van der Waals surface area contributed by atoms with Crippen molar-refractivity contribution in [3.63, 3.8) is 0 Å². The highest BCUT2D eigenvalue weighted by molar-refractivity contribution is 8.00. The topological polar surface area (TPSA) is 68.5 Å². The van der Waals surface area contributed by atoms with Crippen LogP contribution in [0.25, 0.3) is 0 Å². The number of hydrogen-bond acceptors (Lipinski definition) is 5. The molecule has 0 aliphatic rings. The maximum absolute atomic E-state index is 11.6. The molecule has 0 radical (unpaired) electrons. The minimum atomic E-state index is -0.415. The molecule has 0 bridgehead atoms. The number of benzene rings is 1. The fraction of sp³-hybridized carbons (Fsp3) is 0.250. The maximum atomic E-state index is 11.6. The monoisotopic (exact) mass is 319 g/mol. The summed E-state index contributed by atoms with van der Waals surface area (Å²) < 4.78 is 10.0. The lowest BCUT2D eigenvalue weighted by Crippen LogP contribution is -2.28. The number of furan rings is 1. The predicted molar refractivity (Wildman–Crippen MR) is 83.4 cm³/mol. The van der Waals surface area contributed by atoms with Crippen LogP contribution in [0.3, 0.4) is 0 Å². The highest BCUT2D eigenvalue weighted by Crippen LogP contribution is 2.21. The van der Waals surface area contributed by atoms with E-state index in [-0.39, 0.29) is 24.8 Å². The number of carbonyl (C=O) groups is 2. The van der Waals surface area contributed by atoms with Crippen molar-refractivity contribution in [2.45, 2.75) is 18.4 Å². The van der Waals surface area contributed by atoms with Gasteiger partial charge in [0, 0.05) is 4.90 Å². The molecule has 0 fully saturated rings. The predicted octanol–water partition coefficient (Wildman–Crippen LogP) is 2.54. The Morgan fingerprint density at radius 1 is 1.23 bits per heavy atom. The molecule has 22 heavy (non-hydrogen) atoms. The zero-order valence-corrected chi connectivity index (χ0v) is 13.0. The van der Waals surface area contributed by atoms with Crippen molar-refractivity contribution in [3.8, 4) is 0 Å². The summed E-state index contributed by atoms with van der Waals surface area (Å²) in [5.74, 6) is 0.0536. The van der Waals surface area contributed by atoms with Gasteiger partial charge in [-0.25, -0.2) is 0 Å². The lowest BCUT2D eigenvalue weighted by molar-refractivity contribution is -0.146. The second-order valence-electron chi connectivity index (χ2n) is 4.57. The second-order valence-corrected chi connectivity index (χ2v) is 5.59. The third-order valence-corrected chi connectivity index (χ3v) is 3.99. The quantitative estimate of drug-likeness (QED) is 0.627. The van der Waals surface area contributed by atoms with Crippen molar-refractivity contribution in [1.82, 2.24) is 5.32 Å². The van der Waals surface area contributed by atoms with Crippen LogP contribution in [0, 0.1) is 6.92 Å². The molecule has 5 nitrogen and oxygen atoms in total. The molecule has 0 saturated heterocycles. The van der Waals surface area contributed by atoms with Crippen LogP contribution in [0.5, 0.6) is 0 Å². The van der Waals surface area contributed by atoms with Crippen molar-refractivity contribution in [2.75, 3.05) is 12.4 Å². The van der Waals surface area contributed by atoms with Crippen molar-refractivity contribution in [1.29, 1.82) is 0 Å². The molecule has 1 aromatic carbocycles. The summed E-state index contributed by atoms with van der Waals surface area (Å²) in [6, 6.07) is 11.3. The Bertz CT molecular complexity index is 625. The first-order chi connectivity index (χ1) is 10.6. The fourth-order valence-electron chi connectivity index (χ4n) is 1.69. The van der Waals surface area contributed by atoms with E-state index < -0.39 is 5.97 Å². The Balaban J connectivity index is 1.65. The Kier molecular flexibility index (Phi) is 6.09. The molecule has 1 heterocycles. The second kappa shape index (κ2) is 8.29. The average molecular weight is 319 g/mol. The van der Waals surface area contributed by atoms with Gasteiger partial charge in [0.25, 0.3) is 5.91 Å². The normalized spacial score (nSPS) is 10.2. The van der Waals surface area contributed by atoms with E-state index in [1.54, 1.807) is 12.1 Å². The Morgan fingerprint density at radius 2 is 2.05 bits per heavy atom. The highest BCUT2D eigenvalue weighted by Gasteiger charge is 2.09. The van der Waals surface area contributed by atoms with Crippen LogP contribution in [0.2, 0.25) is 0 Å². The van der Waals surface area contributed by atoms with Crippen molar-refractivity contribution in [3.05, 3.63) is 54.0 Å². The molecule has 6 heteroatoms. The standard InChI is InChI=1S/C16H17NO4S/c1-12-5-2-3-7-14(12)22-11-16(19)21-10-15(18)17-9-13-6-4-8-20-13/h2-8H,9-11H2,1H3,(H,17,18). The van der Waals surface area contributed by atoms with Crippen molar-refractivity contribution < 1.29 is 18.7 Å². The van der Waals surface area contributed by atoms with Gasteiger partial charge in [-0.15, -0.1) is 11.8 Å². The molecule has 0 saturated carbocycles. The number of aryl methyl sites for hydroxylation is 1. The molecule has 1 amide bonds. The third-order valence-electron chi connectivity index (χ3n) is 2.84. The average Bonchev–Trinajstić information content (AvgIpc) is 3.03. The van der Waals surface area contributed by atoms with Gasteiger partial charge in [0.1, 0.15) is 5.76 Å². The van der Waals surface area contributed by atoms with Crippen LogP contribution in [0.4, 0.5) is 0 Å². The van der Waals surface area contributed by atoms with Gasteiger partial charge in [0.15, 0.2) is 6.61 Å². The van der Waals surface area contributed by atoms with Gasteiger partial charge in [0.2, 0.25) is 0 Å². The Morgan fingerprint density at radius 3 is 2.77 bits per heavy atom. The first-order valence-electron chi connectivity index (χ1n) is 6.78. The molecule has 0 aliphatic heterocycles. The van der Waals surface area contributed by atoms with Gasteiger partial charge in [-0.2, -0.15) is 0 Å². The number of rotatable bonds is 7. The Labute approximate surface area is 133 Å². The molecule has 2 aromatic rings. The number of thioether (sulfide) groups is 1. The van der Waals surface area contributed by atoms with Gasteiger partial charge >= 0.3 is 5.97 Å². The van der Waals surface area contributed by atoms with E-state index in [0.29, 0.717) is 5.76 Å². The molecule has 0 unspecified atom stereocenters. The highest BCUT2D eigenvalue weighted by atomic mass is 32.2. The molecule has 2 rings (SSSR count). The molecule has 1 N–H and O–H groups in total. The van der Waals surface area contributed by atoms with Crippen LogP contribution in [-0.4, -0.2) is 24.2 Å². The van der Waals surface area contributed by atoms with Crippen LogP contribution in [-0.2, 0) is 20.9 Å². The number of amides is 1. The lowest BCUT2D eigenvalue weighted by Gasteiger charge is -2.06. The third kappa shape index (κ3) is 5.29. The van der Waals surface area contributed by atoms with E-state index in [9.17, 15) is 9.59 Å². The fourth-order valence-corrected chi connectivity index (χ4v) is 2.52. The minimum absolute atomic E-state index is 0.177. The van der Waals surface area contributed by atoms with Crippen LogP contribution in [0.15, 0.2) is 52.0 Å². The first kappa shape index (κ1) is 16.2. The number of esters is 1. The number of nitrogens with one attached hydrogen (secondary N) is 1. The number of carbonyl (C=O) groups excluding carboxylic acids is 2. The largest absolute Gasteiger partial charge is 0.467 e. The van der Waals surface area contributed by atoms with Crippen molar-refractivity contribution in [2.24, 2.45) is 0 Å². The van der Waals surface area contributed by atoms with Gasteiger partial charge in [-0.05, 0) is 30.7 Å². The molecule has 0 spiro atoms. The van der Waals surface area contributed by atoms with Crippen LogP contribution < -0.4 is 5.32 Å². The van der Waals surface area contributed by atoms with Crippen LogP contribution in [0.1, 0.15) is 11.3 Å². The smallest absolute Gasteiger partial charge is 0.316 e. The summed E-state index contributed by atoms with van der Waals surface area (Å²) in [5, 5.41) is 2.61. The zero-order valence-electron chi connectivity index (χ0n) is 12.2. The van der Waals surface area contributed by atoms with E-state index in [1.165, 1.54) is 18.0 Å². The van der Waals surface area contributed by atoms with Gasteiger partial charge in [-0.3, -0.25) is 9.59 Å². The van der Waals surface area contributed by atoms with Gasteiger partial charge < -0.3 is 14.5 Å². The summed E-state index contributed by atoms with van der Waals surface area (Å²) in [6.07, 6.45) is 1.53. The maximum Gasteiger partial charge on any atom is 0.316 e. The molecule has 1 aromatic heterocycles. The summed E-state index contributed by atoms with van der Waals surface area (Å²) in [6.45, 7) is 1.98. The van der Waals surface area contributed by atoms with E-state index in [0.717, 1.165) is 10.5 Å². The summed E-state index contributed by atoms with van der Waals surface area (Å²) in [4.78, 5) is 24.2. The van der Waals surface area contributed by atoms with E-state index in [4.69, 9.17) is 9.15 Å². The molecule has 0 atom stereocenters. The SMILES string of the molecule is Cc1ccccc1SCC(=O)OCC(=O)NCc1ccco1. The van der Waals surface area contributed by atoms with E-state index in [1.807, 2.05) is 31.2 Å². The minimum Gasteiger partial charge on any atom is -0.467 e. The van der Waals surface area contributed by atoms with Crippen LogP contribution >= 0.6 is 11.8 Å². The number of ether oxygens (including phenoxy) is 1. The van der Waals surface area contributed by atoms with E-state index >= 15 is 0 Å². The first-order valence-corrected chi connectivity index (χ1v) is 7.77. The molecular formula is C16H17NO4S. The summed E-state index contributed by atoms with van der Waals surface area (Å²) >= 11 is 1.40. The molecule has 116 valence electrons. The zero-order chi connectivity index (χ0) is 15.8. The van der Waals surface area contributed by atoms with Gasteiger partial charge in [0.05, 0.1) is 18.6 Å². The lowest BCUT2D eigenvalue weighted by atomic mass is 10.2. The van der Waals surface area contributed by atoms with Gasteiger partial charge in [-0.1, -0.05) is 18.2 Å². The Hall–Kier alpha value is -2.21. The molecule has 0 aliphatic carbocycles. The van der Waals surface area contributed by atoms with E-state index in [2.05, 4.69) is 5.32 Å². The number of hydrogen-bond donors (Lipinski definition) is 1. The summed E-state index contributed by atoms with van der Waals surface area (Å²) in [5.41, 5.74) is 1.11.